The topological polar surface area (TPSA) is 79.9 Å². The van der Waals surface area contributed by atoms with Gasteiger partial charge in [-0.05, 0) is 18.4 Å². The molecular weight excluding hydrogens is 296 g/mol. The molecule has 2 heterocycles. The predicted molar refractivity (Wildman–Crippen MR) is 79.9 cm³/mol. The number of methoxy groups -OCH3 is 1. The number of aromatic amines is 1. The second-order valence-electron chi connectivity index (χ2n) is 4.16. The maximum absolute atomic E-state index is 11.7. The van der Waals surface area contributed by atoms with Gasteiger partial charge in [0.1, 0.15) is 0 Å². The molecular formula is C12H16N4O2S2. The third-order valence-electron chi connectivity index (χ3n) is 2.38. The van der Waals surface area contributed by atoms with E-state index in [1.54, 1.807) is 18.4 Å². The summed E-state index contributed by atoms with van der Waals surface area (Å²) in [6, 6.07) is 3.93. The Morgan fingerprint density at radius 1 is 1.65 bits per heavy atom. The van der Waals surface area contributed by atoms with Crippen LogP contribution >= 0.6 is 23.1 Å². The highest BCUT2D eigenvalue weighted by Gasteiger charge is 2.11. The molecule has 1 amide bonds. The highest BCUT2D eigenvalue weighted by molar-refractivity contribution is 7.99. The summed E-state index contributed by atoms with van der Waals surface area (Å²) < 4.78 is 4.96. The van der Waals surface area contributed by atoms with Crippen LogP contribution in [-0.2, 0) is 9.53 Å². The van der Waals surface area contributed by atoms with Gasteiger partial charge in [-0.25, -0.2) is 4.98 Å². The van der Waals surface area contributed by atoms with Gasteiger partial charge in [-0.1, -0.05) is 17.8 Å². The van der Waals surface area contributed by atoms with E-state index in [9.17, 15) is 4.79 Å². The van der Waals surface area contributed by atoms with Crippen LogP contribution in [0.5, 0.6) is 0 Å². The van der Waals surface area contributed by atoms with E-state index in [0.717, 1.165) is 10.7 Å². The van der Waals surface area contributed by atoms with Crippen LogP contribution in [0.25, 0.3) is 10.7 Å². The molecule has 2 rings (SSSR count). The molecule has 108 valence electrons. The van der Waals surface area contributed by atoms with Crippen LogP contribution in [0.15, 0.2) is 22.7 Å². The zero-order chi connectivity index (χ0) is 14.4. The van der Waals surface area contributed by atoms with Crippen molar-refractivity contribution in [1.29, 1.82) is 0 Å². The summed E-state index contributed by atoms with van der Waals surface area (Å²) in [5.41, 5.74) is 0. The maximum atomic E-state index is 11.7. The number of nitrogens with one attached hydrogen (secondary N) is 2. The SMILES string of the molecule is COC[C@@H](C)NC(=O)CSc1n[nH]c(-c2cccs2)n1. The van der Waals surface area contributed by atoms with Gasteiger partial charge in [0.15, 0.2) is 5.82 Å². The lowest BCUT2D eigenvalue weighted by molar-refractivity contribution is -0.119. The molecule has 2 N–H and O–H groups in total. The Bertz CT molecular complexity index is 541. The number of amides is 1. The van der Waals surface area contributed by atoms with E-state index in [4.69, 9.17) is 4.74 Å². The highest BCUT2D eigenvalue weighted by Crippen LogP contribution is 2.22. The number of carbonyl (C=O) groups excluding carboxylic acids is 1. The first-order valence-electron chi connectivity index (χ1n) is 6.06. The zero-order valence-electron chi connectivity index (χ0n) is 11.3. The molecule has 2 aromatic heterocycles. The monoisotopic (exact) mass is 312 g/mol. The number of rotatable bonds is 7. The van der Waals surface area contributed by atoms with Crippen LogP contribution in [0.4, 0.5) is 0 Å². The number of carbonyl (C=O) groups is 1. The van der Waals surface area contributed by atoms with E-state index >= 15 is 0 Å². The lowest BCUT2D eigenvalue weighted by Gasteiger charge is -2.11. The number of thiophene rings is 1. The van der Waals surface area contributed by atoms with Gasteiger partial charge in [0.25, 0.3) is 0 Å². The van der Waals surface area contributed by atoms with Crippen LogP contribution in [0.1, 0.15) is 6.92 Å². The van der Waals surface area contributed by atoms with Gasteiger partial charge < -0.3 is 10.1 Å². The summed E-state index contributed by atoms with van der Waals surface area (Å²) in [5, 5.41) is 12.3. The number of thioether (sulfide) groups is 1. The molecule has 0 fully saturated rings. The van der Waals surface area contributed by atoms with E-state index in [0.29, 0.717) is 11.8 Å². The van der Waals surface area contributed by atoms with E-state index in [1.165, 1.54) is 11.8 Å². The first-order chi connectivity index (χ1) is 9.69. The first-order valence-corrected chi connectivity index (χ1v) is 7.93. The Morgan fingerprint density at radius 3 is 3.20 bits per heavy atom. The fourth-order valence-corrected chi connectivity index (χ4v) is 2.85. The summed E-state index contributed by atoms with van der Waals surface area (Å²) in [6.07, 6.45) is 0. The normalized spacial score (nSPS) is 12.3. The first kappa shape index (κ1) is 15.0. The average molecular weight is 312 g/mol. The molecule has 6 nitrogen and oxygen atoms in total. The van der Waals surface area contributed by atoms with Crippen LogP contribution < -0.4 is 5.32 Å². The molecule has 0 aliphatic rings. The van der Waals surface area contributed by atoms with Gasteiger partial charge >= 0.3 is 0 Å². The van der Waals surface area contributed by atoms with E-state index < -0.39 is 0 Å². The minimum absolute atomic E-state index is 0.00178. The van der Waals surface area contributed by atoms with Crippen molar-refractivity contribution in [3.05, 3.63) is 17.5 Å². The fraction of sp³-hybridized carbons (Fsp3) is 0.417. The summed E-state index contributed by atoms with van der Waals surface area (Å²) in [6.45, 7) is 2.40. The Labute approximate surface area is 125 Å². The number of nitrogens with zero attached hydrogens (tertiary/aromatic N) is 2. The number of hydrogen-bond acceptors (Lipinski definition) is 6. The van der Waals surface area contributed by atoms with Crippen LogP contribution in [0.2, 0.25) is 0 Å². The smallest absolute Gasteiger partial charge is 0.230 e. The van der Waals surface area contributed by atoms with Crippen molar-refractivity contribution < 1.29 is 9.53 Å². The van der Waals surface area contributed by atoms with Crippen molar-refractivity contribution in [2.24, 2.45) is 0 Å². The van der Waals surface area contributed by atoms with Gasteiger partial charge in [-0.3, -0.25) is 9.89 Å². The van der Waals surface area contributed by atoms with Crippen molar-refractivity contribution >= 4 is 29.0 Å². The average Bonchev–Trinajstić information content (AvgIpc) is 3.07. The lowest BCUT2D eigenvalue weighted by Crippen LogP contribution is -2.36. The number of H-pyrrole nitrogens is 1. The van der Waals surface area contributed by atoms with E-state index in [1.807, 2.05) is 24.4 Å². The Kier molecular flexibility index (Phi) is 5.57. The summed E-state index contributed by atoms with van der Waals surface area (Å²) >= 11 is 2.90. The summed E-state index contributed by atoms with van der Waals surface area (Å²) in [7, 11) is 1.61. The number of ether oxygens (including phenoxy) is 1. The molecule has 1 atom stereocenters. The van der Waals surface area contributed by atoms with Gasteiger partial charge in [0.2, 0.25) is 11.1 Å². The minimum Gasteiger partial charge on any atom is -0.383 e. The second-order valence-corrected chi connectivity index (χ2v) is 6.05. The maximum Gasteiger partial charge on any atom is 0.230 e. The lowest BCUT2D eigenvalue weighted by atomic mass is 10.3. The molecule has 8 heteroatoms. The molecule has 0 radical (unpaired) electrons. The minimum atomic E-state index is -0.0537. The predicted octanol–water partition coefficient (Wildman–Crippen LogP) is 1.78. The molecule has 0 saturated carbocycles. The fourth-order valence-electron chi connectivity index (χ4n) is 1.57. The number of hydrogen-bond donors (Lipinski definition) is 2. The third-order valence-corrected chi connectivity index (χ3v) is 4.10. The number of aromatic nitrogens is 3. The Balaban J connectivity index is 1.81. The van der Waals surface area contributed by atoms with Crippen LogP contribution in [0.3, 0.4) is 0 Å². The van der Waals surface area contributed by atoms with Crippen molar-refractivity contribution in [3.8, 4) is 10.7 Å². The highest BCUT2D eigenvalue weighted by atomic mass is 32.2. The molecule has 0 saturated heterocycles. The van der Waals surface area contributed by atoms with Crippen molar-refractivity contribution in [2.45, 2.75) is 18.1 Å². The third kappa shape index (κ3) is 4.32. The molecule has 0 spiro atoms. The van der Waals surface area contributed by atoms with E-state index in [-0.39, 0.29) is 17.7 Å². The molecule has 0 bridgehead atoms. The van der Waals surface area contributed by atoms with Gasteiger partial charge in [-0.15, -0.1) is 16.4 Å². The molecule has 0 aromatic carbocycles. The molecule has 20 heavy (non-hydrogen) atoms. The molecule has 0 unspecified atom stereocenters. The van der Waals surface area contributed by atoms with Gasteiger partial charge in [-0.2, -0.15) is 0 Å². The van der Waals surface area contributed by atoms with Crippen molar-refractivity contribution in [2.75, 3.05) is 19.5 Å². The van der Waals surface area contributed by atoms with Crippen LogP contribution in [-0.4, -0.2) is 46.6 Å². The largest absolute Gasteiger partial charge is 0.383 e. The molecule has 0 aliphatic carbocycles. The Morgan fingerprint density at radius 2 is 2.50 bits per heavy atom. The zero-order valence-corrected chi connectivity index (χ0v) is 12.9. The second kappa shape index (κ2) is 7.41. The van der Waals surface area contributed by atoms with Gasteiger partial charge in [0.05, 0.1) is 17.2 Å². The quantitative estimate of drug-likeness (QED) is 0.762. The summed E-state index contributed by atoms with van der Waals surface area (Å²) in [5.74, 6) is 0.966. The van der Waals surface area contributed by atoms with Gasteiger partial charge in [0, 0.05) is 13.2 Å². The standard InChI is InChI=1S/C12H16N4O2S2/c1-8(6-18-2)13-10(17)7-20-12-14-11(15-16-12)9-4-3-5-19-9/h3-5,8H,6-7H2,1-2H3,(H,13,17)(H,14,15,16)/t8-/m1/s1. The molecule has 2 aromatic rings. The Hall–Kier alpha value is -1.38. The van der Waals surface area contributed by atoms with E-state index in [2.05, 4.69) is 20.5 Å². The van der Waals surface area contributed by atoms with Crippen LogP contribution in [0, 0.1) is 0 Å². The molecule has 0 aliphatic heterocycles. The summed E-state index contributed by atoms with van der Waals surface area (Å²) in [4.78, 5) is 17.1. The van der Waals surface area contributed by atoms with Crippen molar-refractivity contribution in [3.63, 3.8) is 0 Å². The van der Waals surface area contributed by atoms with Crippen molar-refractivity contribution in [1.82, 2.24) is 20.5 Å².